The van der Waals surface area contributed by atoms with Gasteiger partial charge < -0.3 is 9.67 Å². The normalized spacial score (nSPS) is 16.8. The summed E-state index contributed by atoms with van der Waals surface area (Å²) >= 11 is 0.612. The minimum absolute atomic E-state index is 0.160. The van der Waals surface area contributed by atoms with E-state index in [1.54, 1.807) is 4.57 Å². The van der Waals surface area contributed by atoms with Gasteiger partial charge in [0, 0.05) is 6.04 Å². The molecule has 8 heteroatoms. The summed E-state index contributed by atoms with van der Waals surface area (Å²) in [6, 6.07) is 0.160. The fourth-order valence-electron chi connectivity index (χ4n) is 1.36. The molecule has 1 aromatic heterocycles. The van der Waals surface area contributed by atoms with E-state index >= 15 is 0 Å². The molecular formula is C8H10F3N3OS. The van der Waals surface area contributed by atoms with Gasteiger partial charge in [-0.1, -0.05) is 11.8 Å². The zero-order chi connectivity index (χ0) is 11.8. The van der Waals surface area contributed by atoms with Crippen molar-refractivity contribution >= 4 is 11.8 Å². The molecule has 0 unspecified atom stereocenters. The molecule has 0 bridgehead atoms. The number of halogens is 3. The van der Waals surface area contributed by atoms with Crippen molar-refractivity contribution in [2.75, 3.05) is 5.75 Å². The van der Waals surface area contributed by atoms with E-state index in [4.69, 9.17) is 5.11 Å². The van der Waals surface area contributed by atoms with Gasteiger partial charge in [0.1, 0.15) is 6.61 Å². The van der Waals surface area contributed by atoms with Crippen LogP contribution in [0.2, 0.25) is 0 Å². The zero-order valence-corrected chi connectivity index (χ0v) is 9.05. The summed E-state index contributed by atoms with van der Waals surface area (Å²) in [5.41, 5.74) is 0. The van der Waals surface area contributed by atoms with E-state index in [1.165, 1.54) is 0 Å². The highest BCUT2D eigenvalue weighted by Crippen LogP contribution is 2.39. The molecule has 1 aliphatic rings. The second kappa shape index (κ2) is 4.25. The van der Waals surface area contributed by atoms with Crippen LogP contribution in [0.1, 0.15) is 24.7 Å². The SMILES string of the molecule is OCc1nnc(SCC(F)(F)F)n1C1CC1. The Morgan fingerprint density at radius 2 is 2.06 bits per heavy atom. The fraction of sp³-hybridized carbons (Fsp3) is 0.750. The van der Waals surface area contributed by atoms with Crippen LogP contribution in [0.4, 0.5) is 13.2 Å². The van der Waals surface area contributed by atoms with Crippen molar-refractivity contribution in [3.05, 3.63) is 5.82 Å². The highest BCUT2D eigenvalue weighted by Gasteiger charge is 2.32. The topological polar surface area (TPSA) is 50.9 Å². The van der Waals surface area contributed by atoms with E-state index in [-0.39, 0.29) is 17.8 Å². The Bertz CT molecular complexity index is 375. The smallest absolute Gasteiger partial charge is 0.388 e. The number of nitrogens with zero attached hydrogens (tertiary/aromatic N) is 3. The van der Waals surface area contributed by atoms with Crippen LogP contribution < -0.4 is 0 Å². The van der Waals surface area contributed by atoms with Crippen molar-refractivity contribution < 1.29 is 18.3 Å². The summed E-state index contributed by atoms with van der Waals surface area (Å²) in [4.78, 5) is 0. The van der Waals surface area contributed by atoms with Crippen molar-refractivity contribution in [1.29, 1.82) is 0 Å². The number of hydrogen-bond acceptors (Lipinski definition) is 4. The van der Waals surface area contributed by atoms with Gasteiger partial charge in [-0.15, -0.1) is 10.2 Å². The molecular weight excluding hydrogens is 243 g/mol. The maximum Gasteiger partial charge on any atom is 0.398 e. The Kier molecular flexibility index (Phi) is 3.11. The van der Waals surface area contributed by atoms with Gasteiger partial charge in [0.25, 0.3) is 0 Å². The standard InChI is InChI=1S/C8H10F3N3OS/c9-8(10,11)4-16-7-13-12-6(3-15)14(7)5-1-2-5/h5,15H,1-4H2. The zero-order valence-electron chi connectivity index (χ0n) is 8.24. The Morgan fingerprint density at radius 1 is 1.38 bits per heavy atom. The van der Waals surface area contributed by atoms with Crippen LogP contribution in [-0.2, 0) is 6.61 Å². The van der Waals surface area contributed by atoms with Gasteiger partial charge in [-0.3, -0.25) is 0 Å². The number of alkyl halides is 3. The molecule has 0 saturated heterocycles. The molecule has 1 aromatic rings. The summed E-state index contributed by atoms with van der Waals surface area (Å²) < 4.78 is 37.8. The average Bonchev–Trinajstić information content (AvgIpc) is 2.94. The lowest BCUT2D eigenvalue weighted by Gasteiger charge is -2.08. The number of aliphatic hydroxyl groups excluding tert-OH is 1. The molecule has 1 saturated carbocycles. The van der Waals surface area contributed by atoms with Crippen LogP contribution >= 0.6 is 11.8 Å². The van der Waals surface area contributed by atoms with Gasteiger partial charge in [-0.2, -0.15) is 13.2 Å². The lowest BCUT2D eigenvalue weighted by atomic mass is 10.6. The maximum absolute atomic E-state index is 12.1. The Hall–Kier alpha value is -0.760. The second-order valence-corrected chi connectivity index (χ2v) is 4.50. The lowest BCUT2D eigenvalue weighted by Crippen LogP contribution is -2.12. The van der Waals surface area contributed by atoms with Gasteiger partial charge in [0.15, 0.2) is 11.0 Å². The minimum atomic E-state index is -4.22. The van der Waals surface area contributed by atoms with E-state index < -0.39 is 11.9 Å². The van der Waals surface area contributed by atoms with E-state index in [0.29, 0.717) is 17.6 Å². The van der Waals surface area contributed by atoms with Crippen molar-refractivity contribution in [3.8, 4) is 0 Å². The van der Waals surface area contributed by atoms with Gasteiger partial charge in [0.05, 0.1) is 5.75 Å². The van der Waals surface area contributed by atoms with Gasteiger partial charge in [0.2, 0.25) is 0 Å². The third-order valence-corrected chi connectivity index (χ3v) is 3.16. The van der Waals surface area contributed by atoms with Crippen LogP contribution in [0.25, 0.3) is 0 Å². The predicted octanol–water partition coefficient (Wildman–Crippen LogP) is 1.76. The van der Waals surface area contributed by atoms with Crippen molar-refractivity contribution in [1.82, 2.24) is 14.8 Å². The first kappa shape index (κ1) is 11.7. The van der Waals surface area contributed by atoms with Crippen molar-refractivity contribution in [2.24, 2.45) is 0 Å². The molecule has 2 rings (SSSR count). The van der Waals surface area contributed by atoms with Gasteiger partial charge >= 0.3 is 6.18 Å². The largest absolute Gasteiger partial charge is 0.398 e. The van der Waals surface area contributed by atoms with E-state index in [9.17, 15) is 13.2 Å². The molecule has 0 aliphatic heterocycles. The first-order valence-electron chi connectivity index (χ1n) is 4.75. The molecule has 4 nitrogen and oxygen atoms in total. The minimum Gasteiger partial charge on any atom is -0.388 e. The molecule has 90 valence electrons. The monoisotopic (exact) mass is 253 g/mol. The molecule has 0 aromatic carbocycles. The van der Waals surface area contributed by atoms with Crippen LogP contribution in [0.5, 0.6) is 0 Å². The van der Waals surface area contributed by atoms with Gasteiger partial charge in [-0.05, 0) is 12.8 Å². The second-order valence-electron chi connectivity index (χ2n) is 3.56. The van der Waals surface area contributed by atoms with Crippen LogP contribution in [-0.4, -0.2) is 31.8 Å². The van der Waals surface area contributed by atoms with Crippen LogP contribution in [0, 0.1) is 0 Å². The van der Waals surface area contributed by atoms with Crippen molar-refractivity contribution in [3.63, 3.8) is 0 Å². The van der Waals surface area contributed by atoms with E-state index in [2.05, 4.69) is 10.2 Å². The molecule has 0 amide bonds. The molecule has 0 spiro atoms. The fourth-order valence-corrected chi connectivity index (χ4v) is 2.14. The average molecular weight is 253 g/mol. The molecule has 1 N–H and O–H groups in total. The number of aliphatic hydroxyl groups is 1. The first-order chi connectivity index (χ1) is 7.51. The summed E-state index contributed by atoms with van der Waals surface area (Å²) in [6.45, 7) is -0.296. The Morgan fingerprint density at radius 3 is 2.56 bits per heavy atom. The number of aromatic nitrogens is 3. The number of rotatable bonds is 4. The highest BCUT2D eigenvalue weighted by atomic mass is 32.2. The molecule has 1 heterocycles. The Balaban J connectivity index is 2.11. The molecule has 1 fully saturated rings. The molecule has 1 aliphatic carbocycles. The molecule has 16 heavy (non-hydrogen) atoms. The molecule has 0 atom stereocenters. The van der Waals surface area contributed by atoms with Crippen LogP contribution in [0.15, 0.2) is 5.16 Å². The third kappa shape index (κ3) is 2.67. The van der Waals surface area contributed by atoms with E-state index in [0.717, 1.165) is 12.8 Å². The highest BCUT2D eigenvalue weighted by molar-refractivity contribution is 7.99. The summed E-state index contributed by atoms with van der Waals surface area (Å²) in [7, 11) is 0. The maximum atomic E-state index is 12.1. The third-order valence-electron chi connectivity index (χ3n) is 2.15. The van der Waals surface area contributed by atoms with Crippen molar-refractivity contribution in [2.45, 2.75) is 36.8 Å². The molecule has 0 radical (unpaired) electrons. The number of thioether (sulfide) groups is 1. The van der Waals surface area contributed by atoms with Crippen LogP contribution in [0.3, 0.4) is 0 Å². The summed E-state index contributed by atoms with van der Waals surface area (Å²) in [5, 5.41) is 16.6. The summed E-state index contributed by atoms with van der Waals surface area (Å²) in [5.74, 6) is -0.643. The van der Waals surface area contributed by atoms with Gasteiger partial charge in [-0.25, -0.2) is 0 Å². The summed E-state index contributed by atoms with van der Waals surface area (Å²) in [6.07, 6.45) is -2.40. The first-order valence-corrected chi connectivity index (χ1v) is 5.74. The quantitative estimate of drug-likeness (QED) is 0.831. The Labute approximate surface area is 93.9 Å². The number of hydrogen-bond donors (Lipinski definition) is 1. The lowest BCUT2D eigenvalue weighted by molar-refractivity contribution is -0.105. The predicted molar refractivity (Wildman–Crippen MR) is 51.0 cm³/mol. The van der Waals surface area contributed by atoms with E-state index in [1.807, 2.05) is 0 Å².